The summed E-state index contributed by atoms with van der Waals surface area (Å²) in [7, 11) is 0. The summed E-state index contributed by atoms with van der Waals surface area (Å²) in [5, 5.41) is 2.72. The molecule has 53 valence electrons. The molecule has 0 amide bonds. The van der Waals surface area contributed by atoms with Crippen molar-refractivity contribution in [2.45, 2.75) is 0 Å². The molecule has 1 aromatic rings. The van der Waals surface area contributed by atoms with Crippen molar-refractivity contribution in [1.29, 1.82) is 0 Å². The number of benzene rings is 1. The fourth-order valence-electron chi connectivity index (χ4n) is 1.06. The summed E-state index contributed by atoms with van der Waals surface area (Å²) in [4.78, 5) is 4.16. The van der Waals surface area contributed by atoms with Crippen LogP contribution in [0, 0.1) is 0 Å². The minimum absolute atomic E-state index is 0.760. The summed E-state index contributed by atoms with van der Waals surface area (Å²) >= 11 is 5.92. The highest BCUT2D eigenvalue weighted by Crippen LogP contribution is 2.00. The molecule has 0 bridgehead atoms. The zero-order valence-corrected chi connectivity index (χ0v) is 6.55. The van der Waals surface area contributed by atoms with E-state index in [2.05, 4.69) is 4.99 Å². The molecule has 0 fully saturated rings. The van der Waals surface area contributed by atoms with Gasteiger partial charge in [0.15, 0.2) is 0 Å². The first-order chi connectivity index (χ1) is 5.38. The van der Waals surface area contributed by atoms with Gasteiger partial charge in [-0.2, -0.15) is 0 Å². The number of hydrogen-bond donors (Lipinski definition) is 0. The molecule has 0 atom stereocenters. The van der Waals surface area contributed by atoms with E-state index in [-0.39, 0.29) is 0 Å². The highest BCUT2D eigenvalue weighted by molar-refractivity contribution is 6.47. The molecule has 1 aliphatic heterocycles. The number of allylic oxidation sites excluding steroid dienone is 1. The number of rotatable bonds is 0. The van der Waals surface area contributed by atoms with E-state index in [9.17, 15) is 0 Å². The van der Waals surface area contributed by atoms with Crippen molar-refractivity contribution in [1.82, 2.24) is 4.99 Å². The number of nitrogens with zero attached hydrogens (tertiary/aromatic N) is 1. The second kappa shape index (κ2) is 2.51. The van der Waals surface area contributed by atoms with Gasteiger partial charge in [0, 0.05) is 12.1 Å². The highest BCUT2D eigenvalue weighted by Gasteiger charge is 2.03. The van der Waals surface area contributed by atoms with Gasteiger partial charge in [0.25, 0.3) is 5.36 Å². The molecule has 2 heteroatoms. The van der Waals surface area contributed by atoms with E-state index < -0.39 is 0 Å². The molecule has 0 unspecified atom stereocenters. The van der Waals surface area contributed by atoms with Crippen LogP contribution in [0.4, 0.5) is 0 Å². The van der Waals surface area contributed by atoms with Gasteiger partial charge in [-0.25, -0.2) is 0 Å². The molecule has 0 saturated carbocycles. The molecule has 11 heavy (non-hydrogen) atoms. The van der Waals surface area contributed by atoms with Gasteiger partial charge < -0.3 is 0 Å². The van der Waals surface area contributed by atoms with Crippen LogP contribution in [-0.4, -0.2) is 0 Å². The smallest absolute Gasteiger partial charge is 0.0832 e. The lowest BCUT2D eigenvalue weighted by atomic mass is 10.2. The quantitative estimate of drug-likeness (QED) is 0.530. The predicted octanol–water partition coefficient (Wildman–Crippen LogP) is 0.516. The molecule has 0 aliphatic carbocycles. The summed E-state index contributed by atoms with van der Waals surface area (Å²) in [5.41, 5.74) is 0. The number of hydrogen-bond acceptors (Lipinski definition) is 1. The standard InChI is InChI=1S/C9H6ClN/c10-8-5-6-11-9-4-2-1-3-7(8)9/h1-6H/q+1. The van der Waals surface area contributed by atoms with Crippen LogP contribution < -0.4 is 15.6 Å². The SMILES string of the molecule is ClC1=c2ccccc2=[N+]C=C1. The molecular formula is C9H6ClN+. The molecule has 0 N–H and O–H groups in total. The Morgan fingerprint density at radius 1 is 1.18 bits per heavy atom. The fourth-order valence-corrected chi connectivity index (χ4v) is 1.28. The third-order valence-corrected chi connectivity index (χ3v) is 1.93. The van der Waals surface area contributed by atoms with E-state index in [4.69, 9.17) is 11.6 Å². The predicted molar refractivity (Wildman–Crippen MR) is 45.3 cm³/mol. The molecule has 2 rings (SSSR count). The lowest BCUT2D eigenvalue weighted by Gasteiger charge is -1.87. The lowest BCUT2D eigenvalue weighted by Crippen LogP contribution is -2.31. The van der Waals surface area contributed by atoms with E-state index in [0.29, 0.717) is 0 Å². The van der Waals surface area contributed by atoms with Crippen molar-refractivity contribution >= 4 is 16.6 Å². The Morgan fingerprint density at radius 2 is 2.00 bits per heavy atom. The summed E-state index contributed by atoms with van der Waals surface area (Å²) in [5.74, 6) is 0. The Morgan fingerprint density at radius 3 is 2.82 bits per heavy atom. The third-order valence-electron chi connectivity index (χ3n) is 1.60. The Kier molecular flexibility index (Phi) is 1.51. The van der Waals surface area contributed by atoms with Crippen molar-refractivity contribution in [2.24, 2.45) is 0 Å². The Labute approximate surface area is 69.3 Å². The lowest BCUT2D eigenvalue weighted by molar-refractivity contribution is 1.17. The van der Waals surface area contributed by atoms with Crippen LogP contribution in [0.1, 0.15) is 0 Å². The first kappa shape index (κ1) is 6.62. The van der Waals surface area contributed by atoms with Crippen molar-refractivity contribution < 1.29 is 0 Å². The van der Waals surface area contributed by atoms with Crippen LogP contribution in [0.5, 0.6) is 0 Å². The van der Waals surface area contributed by atoms with Gasteiger partial charge in [-0.05, 0) is 6.07 Å². The largest absolute Gasteiger partial charge is 0.285 e. The van der Waals surface area contributed by atoms with Crippen LogP contribution in [0.3, 0.4) is 0 Å². The van der Waals surface area contributed by atoms with Crippen molar-refractivity contribution in [3.63, 3.8) is 0 Å². The second-order valence-electron chi connectivity index (χ2n) is 2.31. The topological polar surface area (TPSA) is 14.1 Å². The minimum Gasteiger partial charge on any atom is -0.0832 e. The van der Waals surface area contributed by atoms with Gasteiger partial charge in [0.1, 0.15) is 0 Å². The maximum atomic E-state index is 5.92. The van der Waals surface area contributed by atoms with Crippen LogP contribution in [0.25, 0.3) is 5.03 Å². The van der Waals surface area contributed by atoms with E-state index in [0.717, 1.165) is 15.6 Å². The van der Waals surface area contributed by atoms with Crippen LogP contribution in [0.2, 0.25) is 0 Å². The maximum absolute atomic E-state index is 5.92. The van der Waals surface area contributed by atoms with Gasteiger partial charge in [-0.1, -0.05) is 23.7 Å². The second-order valence-corrected chi connectivity index (χ2v) is 2.72. The summed E-state index contributed by atoms with van der Waals surface area (Å²) < 4.78 is 0. The highest BCUT2D eigenvalue weighted by atomic mass is 35.5. The van der Waals surface area contributed by atoms with E-state index in [1.165, 1.54) is 0 Å². The maximum Gasteiger partial charge on any atom is 0.285 e. The molecule has 1 radical (unpaired) electrons. The van der Waals surface area contributed by atoms with E-state index in [1.54, 1.807) is 12.3 Å². The van der Waals surface area contributed by atoms with E-state index >= 15 is 0 Å². The van der Waals surface area contributed by atoms with Crippen molar-refractivity contribution in [3.8, 4) is 0 Å². The zero-order chi connectivity index (χ0) is 7.68. The molecule has 1 nitrogen and oxygen atoms in total. The van der Waals surface area contributed by atoms with Crippen molar-refractivity contribution in [2.75, 3.05) is 0 Å². The van der Waals surface area contributed by atoms with Gasteiger partial charge in [-0.15, -0.1) is 0 Å². The number of halogens is 1. The van der Waals surface area contributed by atoms with Gasteiger partial charge in [-0.3, -0.25) is 0 Å². The van der Waals surface area contributed by atoms with Crippen LogP contribution in [-0.2, 0) is 0 Å². The monoisotopic (exact) mass is 163 g/mol. The Hall–Kier alpha value is -1.08. The summed E-state index contributed by atoms with van der Waals surface area (Å²) in [6, 6.07) is 7.81. The molecule has 1 aromatic carbocycles. The first-order valence-corrected chi connectivity index (χ1v) is 3.75. The summed E-state index contributed by atoms with van der Waals surface area (Å²) in [6.45, 7) is 0. The fraction of sp³-hybridized carbons (Fsp3) is 0. The van der Waals surface area contributed by atoms with Gasteiger partial charge in [0.2, 0.25) is 6.20 Å². The average Bonchev–Trinajstić information content (AvgIpc) is 2.06. The summed E-state index contributed by atoms with van der Waals surface area (Å²) in [6.07, 6.45) is 3.51. The molecule has 0 spiro atoms. The number of fused-ring (bicyclic) bond motifs is 1. The molecule has 1 aliphatic rings. The number of para-hydroxylation sites is 1. The van der Waals surface area contributed by atoms with Gasteiger partial charge >= 0.3 is 0 Å². The molecule has 0 saturated heterocycles. The van der Waals surface area contributed by atoms with Crippen molar-refractivity contribution in [3.05, 3.63) is 47.1 Å². The first-order valence-electron chi connectivity index (χ1n) is 3.37. The van der Waals surface area contributed by atoms with Crippen LogP contribution >= 0.6 is 11.6 Å². The zero-order valence-electron chi connectivity index (χ0n) is 5.79. The molecule has 1 heterocycles. The average molecular weight is 164 g/mol. The Bertz CT molecular complexity index is 417. The minimum atomic E-state index is 0.760. The van der Waals surface area contributed by atoms with E-state index in [1.807, 2.05) is 24.3 Å². The molecular weight excluding hydrogens is 158 g/mol. The van der Waals surface area contributed by atoms with Gasteiger partial charge in [0.05, 0.1) is 15.2 Å². The van der Waals surface area contributed by atoms with Crippen LogP contribution in [0.15, 0.2) is 36.5 Å². The third kappa shape index (κ3) is 1.08. The Balaban J connectivity index is 2.97. The normalized spacial score (nSPS) is 14.1. The molecule has 0 aromatic heterocycles.